The third-order valence-electron chi connectivity index (χ3n) is 8.34. The lowest BCUT2D eigenvalue weighted by molar-refractivity contribution is 0.170. The lowest BCUT2D eigenvalue weighted by Gasteiger charge is -2.20. The fraction of sp³-hybridized carbons (Fsp3) is 0.333. The van der Waals surface area contributed by atoms with Crippen molar-refractivity contribution in [2.75, 3.05) is 12.5 Å². The third kappa shape index (κ3) is 8.61. The van der Waals surface area contributed by atoms with Gasteiger partial charge in [0, 0.05) is 12.5 Å². The van der Waals surface area contributed by atoms with Gasteiger partial charge in [-0.3, -0.25) is 0 Å². The van der Waals surface area contributed by atoms with Crippen LogP contribution in [0, 0.1) is 0 Å². The summed E-state index contributed by atoms with van der Waals surface area (Å²) in [6.45, 7) is 0. The molecule has 0 bridgehead atoms. The van der Waals surface area contributed by atoms with E-state index in [0.717, 1.165) is 60.1 Å². The first kappa shape index (κ1) is 33.3. The van der Waals surface area contributed by atoms with Gasteiger partial charge in [-0.1, -0.05) is 36.4 Å². The van der Waals surface area contributed by atoms with Crippen molar-refractivity contribution in [1.29, 1.82) is 0 Å². The van der Waals surface area contributed by atoms with Gasteiger partial charge < -0.3 is 19.7 Å². The molecule has 4 aromatic carbocycles. The van der Waals surface area contributed by atoms with Crippen LogP contribution in [0.15, 0.2) is 94.7 Å². The maximum absolute atomic E-state index is 11.7. The quantitative estimate of drug-likeness (QED) is 0.185. The monoisotopic (exact) mass is 664 g/mol. The minimum absolute atomic E-state index is 0.188. The molecular weight excluding hydrogens is 625 g/mol. The van der Waals surface area contributed by atoms with Crippen LogP contribution in [0.1, 0.15) is 51.4 Å². The highest BCUT2D eigenvalue weighted by Crippen LogP contribution is 2.38. The number of phenolic OH excluding ortho intramolecular Hbond substituents is 2. The second kappa shape index (κ2) is 14.2. The van der Waals surface area contributed by atoms with E-state index in [1.54, 1.807) is 30.3 Å². The van der Waals surface area contributed by atoms with Crippen LogP contribution in [0.4, 0.5) is 0 Å². The van der Waals surface area contributed by atoms with E-state index in [9.17, 15) is 27.0 Å². The number of aromatic hydroxyl groups is 2. The molecule has 0 heterocycles. The molecule has 0 atom stereocenters. The number of phenols is 2. The van der Waals surface area contributed by atoms with Crippen molar-refractivity contribution < 1.29 is 36.5 Å². The minimum Gasteiger partial charge on any atom is -0.504 e. The zero-order valence-electron chi connectivity index (χ0n) is 26.1. The van der Waals surface area contributed by atoms with Crippen LogP contribution in [0.25, 0.3) is 22.3 Å². The SMILES string of the molecule is CS(=O)(=O)c1ccc(-c2ccc(O)c(O)c2)cc1.CS(=O)(=O)c1ccc(-c2ccc(OC3CCCC3)c(OC3CCCC3)c2)cc1. The van der Waals surface area contributed by atoms with Crippen molar-refractivity contribution in [3.8, 4) is 45.3 Å². The molecule has 6 rings (SSSR count). The Balaban J connectivity index is 0.000000200. The van der Waals surface area contributed by atoms with Crippen molar-refractivity contribution in [2.45, 2.75) is 73.4 Å². The molecule has 0 unspecified atom stereocenters. The summed E-state index contributed by atoms with van der Waals surface area (Å²) >= 11 is 0. The van der Waals surface area contributed by atoms with Crippen molar-refractivity contribution in [1.82, 2.24) is 0 Å². The molecule has 4 aromatic rings. The van der Waals surface area contributed by atoms with E-state index in [1.165, 1.54) is 56.2 Å². The molecule has 2 aliphatic carbocycles. The van der Waals surface area contributed by atoms with Crippen LogP contribution < -0.4 is 9.47 Å². The van der Waals surface area contributed by atoms with Gasteiger partial charge in [-0.25, -0.2) is 16.8 Å². The van der Waals surface area contributed by atoms with E-state index in [2.05, 4.69) is 0 Å². The standard InChI is InChI=1S/C23H28O4S.C13H12O4S/c1-28(24,25)21-13-10-17(11-14-21)18-12-15-22(26-19-6-2-3-7-19)23(16-18)27-20-8-4-5-9-20;1-18(16,17)11-5-2-9(3-6-11)10-4-7-12(14)13(15)8-10/h10-16,19-20H,2-9H2,1H3;2-8,14-15H,1H3. The highest BCUT2D eigenvalue weighted by atomic mass is 32.2. The predicted octanol–water partition coefficient (Wildman–Crippen LogP) is 7.57. The van der Waals surface area contributed by atoms with Crippen molar-refractivity contribution in [3.05, 3.63) is 84.9 Å². The zero-order chi connectivity index (χ0) is 32.9. The van der Waals surface area contributed by atoms with Gasteiger partial charge in [-0.05, 0) is 122 Å². The lowest BCUT2D eigenvalue weighted by atomic mass is 10.1. The first-order chi connectivity index (χ1) is 21.9. The number of benzene rings is 4. The van der Waals surface area contributed by atoms with Gasteiger partial charge in [0.15, 0.2) is 42.7 Å². The van der Waals surface area contributed by atoms with Crippen LogP contribution in [0.3, 0.4) is 0 Å². The summed E-state index contributed by atoms with van der Waals surface area (Å²) < 4.78 is 58.6. The molecule has 244 valence electrons. The Bertz CT molecular complexity index is 1850. The Labute approximate surface area is 271 Å². The van der Waals surface area contributed by atoms with Gasteiger partial charge in [-0.15, -0.1) is 0 Å². The van der Waals surface area contributed by atoms with E-state index in [1.807, 2.05) is 30.3 Å². The van der Waals surface area contributed by atoms with Gasteiger partial charge in [0.2, 0.25) is 0 Å². The first-order valence-corrected chi connectivity index (χ1v) is 19.3. The summed E-state index contributed by atoms with van der Waals surface area (Å²) in [5.41, 5.74) is 3.44. The van der Waals surface area contributed by atoms with E-state index in [0.29, 0.717) is 10.5 Å². The van der Waals surface area contributed by atoms with Crippen molar-refractivity contribution >= 4 is 19.7 Å². The first-order valence-electron chi connectivity index (χ1n) is 15.5. The van der Waals surface area contributed by atoms with Gasteiger partial charge >= 0.3 is 0 Å². The molecular formula is C36H40O8S2. The summed E-state index contributed by atoms with van der Waals surface area (Å²) in [5.74, 6) is 1.24. The largest absolute Gasteiger partial charge is 0.504 e. The topological polar surface area (TPSA) is 127 Å². The maximum atomic E-state index is 11.7. The van der Waals surface area contributed by atoms with Gasteiger partial charge in [-0.2, -0.15) is 0 Å². The molecule has 2 saturated carbocycles. The smallest absolute Gasteiger partial charge is 0.175 e. The van der Waals surface area contributed by atoms with Crippen LogP contribution in [-0.4, -0.2) is 51.8 Å². The summed E-state index contributed by atoms with van der Waals surface area (Å²) in [7, 11) is -6.40. The fourth-order valence-corrected chi connectivity index (χ4v) is 7.00. The molecule has 46 heavy (non-hydrogen) atoms. The van der Waals surface area contributed by atoms with E-state index < -0.39 is 19.7 Å². The van der Waals surface area contributed by atoms with Gasteiger partial charge in [0.25, 0.3) is 0 Å². The number of ether oxygens (including phenoxy) is 2. The maximum Gasteiger partial charge on any atom is 0.175 e. The summed E-state index contributed by atoms with van der Waals surface area (Å²) in [4.78, 5) is 0.578. The van der Waals surface area contributed by atoms with Crippen LogP contribution in [0.5, 0.6) is 23.0 Å². The highest BCUT2D eigenvalue weighted by molar-refractivity contribution is 7.91. The molecule has 0 radical (unpaired) electrons. The molecule has 2 aliphatic rings. The average Bonchev–Trinajstić information content (AvgIpc) is 3.74. The van der Waals surface area contributed by atoms with Crippen molar-refractivity contribution in [2.24, 2.45) is 0 Å². The van der Waals surface area contributed by atoms with Gasteiger partial charge in [0.1, 0.15) is 0 Å². The molecule has 2 N–H and O–H groups in total. The number of hydrogen-bond acceptors (Lipinski definition) is 8. The van der Waals surface area contributed by atoms with Crippen molar-refractivity contribution in [3.63, 3.8) is 0 Å². The molecule has 0 spiro atoms. The Hall–Kier alpha value is -4.02. The number of sulfone groups is 2. The second-order valence-electron chi connectivity index (χ2n) is 12.0. The van der Waals surface area contributed by atoms with E-state index >= 15 is 0 Å². The summed E-state index contributed by atoms with van der Waals surface area (Å²) in [6, 6.07) is 23.9. The Morgan fingerprint density at radius 1 is 0.500 bits per heavy atom. The zero-order valence-corrected chi connectivity index (χ0v) is 27.7. The minimum atomic E-state index is -3.21. The molecule has 8 nitrogen and oxygen atoms in total. The highest BCUT2D eigenvalue weighted by Gasteiger charge is 2.22. The van der Waals surface area contributed by atoms with Gasteiger partial charge in [0.05, 0.1) is 22.0 Å². The number of hydrogen-bond donors (Lipinski definition) is 2. The van der Waals surface area contributed by atoms with Crippen LogP contribution in [-0.2, 0) is 19.7 Å². The van der Waals surface area contributed by atoms with E-state index in [4.69, 9.17) is 9.47 Å². The molecule has 0 aliphatic heterocycles. The number of rotatable bonds is 8. The fourth-order valence-electron chi connectivity index (χ4n) is 5.74. The predicted molar refractivity (Wildman–Crippen MR) is 179 cm³/mol. The average molecular weight is 665 g/mol. The molecule has 0 saturated heterocycles. The van der Waals surface area contributed by atoms with Crippen LogP contribution >= 0.6 is 0 Å². The summed E-state index contributed by atoms with van der Waals surface area (Å²) in [6.07, 6.45) is 12.2. The Morgan fingerprint density at radius 3 is 1.33 bits per heavy atom. The Morgan fingerprint density at radius 2 is 0.891 bits per heavy atom. The third-order valence-corrected chi connectivity index (χ3v) is 10.6. The normalized spacial score (nSPS) is 15.7. The molecule has 0 amide bonds. The summed E-state index contributed by atoms with van der Waals surface area (Å²) in [5, 5.41) is 18.6. The molecule has 0 aromatic heterocycles. The lowest BCUT2D eigenvalue weighted by Crippen LogP contribution is -2.15. The Kier molecular flexibility index (Phi) is 10.3. The molecule has 2 fully saturated rings. The van der Waals surface area contributed by atoms with E-state index in [-0.39, 0.29) is 28.6 Å². The van der Waals surface area contributed by atoms with Crippen LogP contribution in [0.2, 0.25) is 0 Å². The second-order valence-corrected chi connectivity index (χ2v) is 16.0. The molecule has 10 heteroatoms.